The average Bonchev–Trinajstić information content (AvgIpc) is 2.40. The average molecular weight is 227 g/mol. The van der Waals surface area contributed by atoms with E-state index in [9.17, 15) is 4.79 Å². The molecule has 0 bridgehead atoms. The predicted molar refractivity (Wildman–Crippen MR) is 66.4 cm³/mol. The molecule has 0 saturated carbocycles. The first kappa shape index (κ1) is 13.5. The minimum atomic E-state index is 0.190. The topological polar surface area (TPSA) is 44.4 Å². The Morgan fingerprint density at radius 1 is 1.56 bits per heavy atom. The Bertz CT molecular complexity index is 218. The lowest BCUT2D eigenvalue weighted by molar-refractivity contribution is -0.121. The monoisotopic (exact) mass is 227 g/mol. The van der Waals surface area contributed by atoms with Gasteiger partial charge in [-0.15, -0.1) is 0 Å². The Kier molecular flexibility index (Phi) is 5.77. The van der Waals surface area contributed by atoms with Crippen molar-refractivity contribution in [2.75, 3.05) is 27.2 Å². The van der Waals surface area contributed by atoms with Crippen LogP contribution in [-0.2, 0) is 4.79 Å². The Morgan fingerprint density at radius 3 is 3.00 bits per heavy atom. The molecule has 16 heavy (non-hydrogen) atoms. The maximum absolute atomic E-state index is 11.4. The van der Waals surface area contributed by atoms with Crippen molar-refractivity contribution in [2.24, 2.45) is 0 Å². The summed E-state index contributed by atoms with van der Waals surface area (Å²) in [5, 5.41) is 6.47. The SMILES string of the molecule is CC(CCN(C)C)NC1CCCNC(=O)C1. The van der Waals surface area contributed by atoms with Crippen molar-refractivity contribution in [3.63, 3.8) is 0 Å². The Morgan fingerprint density at radius 2 is 2.31 bits per heavy atom. The molecule has 2 atom stereocenters. The Balaban J connectivity index is 2.25. The lowest BCUT2D eigenvalue weighted by Crippen LogP contribution is -2.39. The molecule has 4 heteroatoms. The van der Waals surface area contributed by atoms with Gasteiger partial charge in [0, 0.05) is 25.0 Å². The van der Waals surface area contributed by atoms with Crippen molar-refractivity contribution >= 4 is 5.91 Å². The molecule has 0 aromatic heterocycles. The second kappa shape index (κ2) is 6.86. The Hall–Kier alpha value is -0.610. The number of carbonyl (C=O) groups excluding carboxylic acids is 1. The first-order valence-electron chi connectivity index (χ1n) is 6.25. The zero-order valence-corrected chi connectivity index (χ0v) is 10.8. The summed E-state index contributed by atoms with van der Waals surface area (Å²) in [5.74, 6) is 0.190. The van der Waals surface area contributed by atoms with Crippen LogP contribution >= 0.6 is 0 Å². The van der Waals surface area contributed by atoms with Crippen LogP contribution in [0.25, 0.3) is 0 Å². The van der Waals surface area contributed by atoms with E-state index in [1.54, 1.807) is 0 Å². The van der Waals surface area contributed by atoms with Crippen LogP contribution < -0.4 is 10.6 Å². The lowest BCUT2D eigenvalue weighted by Gasteiger charge is -2.22. The quantitative estimate of drug-likeness (QED) is 0.722. The summed E-state index contributed by atoms with van der Waals surface area (Å²) in [4.78, 5) is 13.6. The van der Waals surface area contributed by atoms with Gasteiger partial charge in [-0.3, -0.25) is 4.79 Å². The fourth-order valence-electron chi connectivity index (χ4n) is 2.05. The van der Waals surface area contributed by atoms with Crippen LogP contribution in [0.1, 0.15) is 32.6 Å². The number of hydrogen-bond donors (Lipinski definition) is 2. The van der Waals surface area contributed by atoms with Gasteiger partial charge in [0.15, 0.2) is 0 Å². The predicted octanol–water partition coefficient (Wildman–Crippen LogP) is 0.585. The van der Waals surface area contributed by atoms with E-state index in [0.717, 1.165) is 32.4 Å². The van der Waals surface area contributed by atoms with Crippen LogP contribution in [0.2, 0.25) is 0 Å². The summed E-state index contributed by atoms with van der Waals surface area (Å²) in [6.45, 7) is 4.13. The third-order valence-electron chi connectivity index (χ3n) is 3.01. The smallest absolute Gasteiger partial charge is 0.221 e. The molecule has 1 fully saturated rings. The summed E-state index contributed by atoms with van der Waals surface area (Å²) in [7, 11) is 4.18. The van der Waals surface area contributed by atoms with Crippen molar-refractivity contribution in [1.82, 2.24) is 15.5 Å². The summed E-state index contributed by atoms with van der Waals surface area (Å²) in [6, 6.07) is 0.845. The van der Waals surface area contributed by atoms with E-state index in [2.05, 4.69) is 36.6 Å². The largest absolute Gasteiger partial charge is 0.356 e. The van der Waals surface area contributed by atoms with E-state index >= 15 is 0 Å². The highest BCUT2D eigenvalue weighted by molar-refractivity contribution is 5.76. The third-order valence-corrected chi connectivity index (χ3v) is 3.01. The van der Waals surface area contributed by atoms with Crippen molar-refractivity contribution in [1.29, 1.82) is 0 Å². The lowest BCUT2D eigenvalue weighted by atomic mass is 10.1. The van der Waals surface area contributed by atoms with Gasteiger partial charge in [0.25, 0.3) is 0 Å². The van der Waals surface area contributed by atoms with Gasteiger partial charge >= 0.3 is 0 Å². The molecule has 1 rings (SSSR count). The van der Waals surface area contributed by atoms with Gasteiger partial charge in [0.05, 0.1) is 0 Å². The molecular formula is C12H25N3O. The van der Waals surface area contributed by atoms with Gasteiger partial charge in [0.1, 0.15) is 0 Å². The highest BCUT2D eigenvalue weighted by Gasteiger charge is 2.18. The van der Waals surface area contributed by atoms with E-state index in [-0.39, 0.29) is 5.91 Å². The number of amides is 1. The molecule has 1 aliphatic rings. The molecule has 94 valence electrons. The van der Waals surface area contributed by atoms with Crippen molar-refractivity contribution in [3.8, 4) is 0 Å². The summed E-state index contributed by atoms with van der Waals surface area (Å²) >= 11 is 0. The van der Waals surface area contributed by atoms with Gasteiger partial charge in [-0.25, -0.2) is 0 Å². The van der Waals surface area contributed by atoms with Crippen LogP contribution in [0.4, 0.5) is 0 Å². The molecule has 0 aliphatic carbocycles. The first-order chi connectivity index (χ1) is 7.58. The van der Waals surface area contributed by atoms with E-state index in [1.807, 2.05) is 0 Å². The van der Waals surface area contributed by atoms with Crippen molar-refractivity contribution in [3.05, 3.63) is 0 Å². The van der Waals surface area contributed by atoms with E-state index in [1.165, 1.54) is 0 Å². The maximum Gasteiger partial charge on any atom is 0.221 e. The highest BCUT2D eigenvalue weighted by Crippen LogP contribution is 2.08. The molecule has 0 aromatic rings. The zero-order valence-electron chi connectivity index (χ0n) is 10.8. The molecule has 4 nitrogen and oxygen atoms in total. The minimum Gasteiger partial charge on any atom is -0.356 e. The molecule has 1 amide bonds. The summed E-state index contributed by atoms with van der Waals surface area (Å²) < 4.78 is 0. The molecule has 0 radical (unpaired) electrons. The van der Waals surface area contributed by atoms with Gasteiger partial charge in [-0.2, -0.15) is 0 Å². The molecule has 0 aromatic carbocycles. The number of nitrogens with one attached hydrogen (secondary N) is 2. The zero-order chi connectivity index (χ0) is 12.0. The third kappa shape index (κ3) is 5.47. The normalized spacial score (nSPS) is 24.0. The van der Waals surface area contributed by atoms with E-state index in [4.69, 9.17) is 0 Å². The number of hydrogen-bond acceptors (Lipinski definition) is 3. The van der Waals surface area contributed by atoms with E-state index in [0.29, 0.717) is 18.5 Å². The van der Waals surface area contributed by atoms with Crippen LogP contribution in [0.3, 0.4) is 0 Å². The number of nitrogens with zero attached hydrogens (tertiary/aromatic N) is 1. The highest BCUT2D eigenvalue weighted by atomic mass is 16.1. The fraction of sp³-hybridized carbons (Fsp3) is 0.917. The van der Waals surface area contributed by atoms with Crippen molar-refractivity contribution < 1.29 is 4.79 Å². The van der Waals surface area contributed by atoms with Gasteiger partial charge in [-0.05, 0) is 46.8 Å². The second-order valence-corrected chi connectivity index (χ2v) is 5.05. The molecule has 1 aliphatic heterocycles. The van der Waals surface area contributed by atoms with Gasteiger partial charge < -0.3 is 15.5 Å². The molecule has 2 unspecified atom stereocenters. The number of carbonyl (C=O) groups is 1. The van der Waals surface area contributed by atoms with Crippen LogP contribution in [0, 0.1) is 0 Å². The van der Waals surface area contributed by atoms with Crippen LogP contribution in [0.15, 0.2) is 0 Å². The van der Waals surface area contributed by atoms with Gasteiger partial charge in [-0.1, -0.05) is 0 Å². The fourth-order valence-corrected chi connectivity index (χ4v) is 2.05. The second-order valence-electron chi connectivity index (χ2n) is 5.05. The molecule has 0 spiro atoms. The summed E-state index contributed by atoms with van der Waals surface area (Å²) in [6.07, 6.45) is 3.95. The molecule has 2 N–H and O–H groups in total. The maximum atomic E-state index is 11.4. The molecule has 1 heterocycles. The minimum absolute atomic E-state index is 0.190. The first-order valence-corrected chi connectivity index (χ1v) is 6.25. The van der Waals surface area contributed by atoms with Crippen LogP contribution in [0.5, 0.6) is 0 Å². The van der Waals surface area contributed by atoms with Gasteiger partial charge in [0.2, 0.25) is 5.91 Å². The standard InChI is InChI=1S/C12H25N3O/c1-10(6-8-15(2)3)14-11-5-4-7-13-12(16)9-11/h10-11,14H,4-9H2,1-3H3,(H,13,16). The van der Waals surface area contributed by atoms with Crippen LogP contribution in [-0.4, -0.2) is 50.1 Å². The number of rotatable bonds is 5. The summed E-state index contributed by atoms with van der Waals surface area (Å²) in [5.41, 5.74) is 0. The molecular weight excluding hydrogens is 202 g/mol. The molecule has 1 saturated heterocycles. The van der Waals surface area contributed by atoms with Crippen molar-refractivity contribution in [2.45, 2.75) is 44.7 Å². The van der Waals surface area contributed by atoms with E-state index < -0.39 is 0 Å². The Labute approximate surface area is 98.8 Å².